The van der Waals surface area contributed by atoms with Crippen LogP contribution in [-0.4, -0.2) is 45.7 Å². The van der Waals surface area contributed by atoms with Crippen LogP contribution in [0.1, 0.15) is 5.56 Å². The number of carbonyl (C=O) groups excluding carboxylic acids is 2. The molecule has 2 aromatic carbocycles. The van der Waals surface area contributed by atoms with Crippen molar-refractivity contribution in [2.45, 2.75) is 6.10 Å². The monoisotopic (exact) mass is 382 g/mol. The first-order chi connectivity index (χ1) is 13.6. The first kappa shape index (κ1) is 19.3. The largest absolute Gasteiger partial charge is 0.497 e. The van der Waals surface area contributed by atoms with Crippen molar-refractivity contribution in [3.05, 3.63) is 54.1 Å². The van der Waals surface area contributed by atoms with Crippen LogP contribution in [0.3, 0.4) is 0 Å². The molecule has 0 unspecified atom stereocenters. The summed E-state index contributed by atoms with van der Waals surface area (Å²) in [6.45, 7) is 0.125. The zero-order chi connectivity index (χ0) is 20.1. The molecule has 28 heavy (non-hydrogen) atoms. The topological polar surface area (TPSA) is 77.1 Å². The Balaban J connectivity index is 1.87. The Bertz CT molecular complexity index is 909. The standard InChI is InChI=1S/C21H22N2O5/c1-22-21(25)19-13-23(16-6-4-5-7-17(16)28-19)20(24)11-9-14-8-10-15(26-2)12-18(14)27-3/h4-12,19H,13H2,1-3H3,(H,22,25)/b11-9+/t19-/m0/s1. The Morgan fingerprint density at radius 2 is 1.96 bits per heavy atom. The minimum atomic E-state index is -0.771. The van der Waals surface area contributed by atoms with Crippen molar-refractivity contribution in [1.82, 2.24) is 5.32 Å². The van der Waals surface area contributed by atoms with Crippen LogP contribution in [0.4, 0.5) is 5.69 Å². The van der Waals surface area contributed by atoms with E-state index in [1.54, 1.807) is 50.6 Å². The Labute approximate surface area is 163 Å². The summed E-state index contributed by atoms with van der Waals surface area (Å²) in [4.78, 5) is 26.5. The third kappa shape index (κ3) is 3.93. The number of nitrogens with one attached hydrogen (secondary N) is 1. The smallest absolute Gasteiger partial charge is 0.262 e. The maximum absolute atomic E-state index is 12.9. The molecule has 0 bridgehead atoms. The third-order valence-electron chi connectivity index (χ3n) is 4.42. The van der Waals surface area contributed by atoms with Gasteiger partial charge in [0.25, 0.3) is 11.8 Å². The van der Waals surface area contributed by atoms with E-state index in [0.717, 1.165) is 5.56 Å². The number of hydrogen-bond acceptors (Lipinski definition) is 5. The third-order valence-corrected chi connectivity index (χ3v) is 4.42. The van der Waals surface area contributed by atoms with Gasteiger partial charge in [-0.25, -0.2) is 0 Å². The number of nitrogens with zero attached hydrogens (tertiary/aromatic N) is 1. The highest BCUT2D eigenvalue weighted by atomic mass is 16.5. The molecule has 1 aliphatic heterocycles. The van der Waals surface area contributed by atoms with Crippen LogP contribution in [0.5, 0.6) is 17.2 Å². The van der Waals surface area contributed by atoms with Gasteiger partial charge in [0.05, 0.1) is 26.5 Å². The summed E-state index contributed by atoms with van der Waals surface area (Å²) in [6.07, 6.45) is 2.36. The Kier molecular flexibility index (Phi) is 5.84. The molecule has 146 valence electrons. The average Bonchev–Trinajstić information content (AvgIpc) is 2.75. The van der Waals surface area contributed by atoms with E-state index in [2.05, 4.69) is 5.32 Å². The Hall–Kier alpha value is -3.48. The van der Waals surface area contributed by atoms with Gasteiger partial charge in [0.1, 0.15) is 17.2 Å². The Morgan fingerprint density at radius 3 is 2.68 bits per heavy atom. The molecule has 0 radical (unpaired) electrons. The van der Waals surface area contributed by atoms with Gasteiger partial charge in [-0.2, -0.15) is 0 Å². The summed E-state index contributed by atoms with van der Waals surface area (Å²) in [5.74, 6) is 1.20. The zero-order valence-corrected chi connectivity index (χ0v) is 16.0. The highest BCUT2D eigenvalue weighted by Crippen LogP contribution is 2.33. The van der Waals surface area contributed by atoms with Crippen molar-refractivity contribution < 1.29 is 23.8 Å². The van der Waals surface area contributed by atoms with Gasteiger partial charge < -0.3 is 24.4 Å². The van der Waals surface area contributed by atoms with Crippen molar-refractivity contribution in [2.24, 2.45) is 0 Å². The van der Waals surface area contributed by atoms with Crippen LogP contribution in [0.15, 0.2) is 48.5 Å². The maximum atomic E-state index is 12.9. The van der Waals surface area contributed by atoms with Gasteiger partial charge in [-0.3, -0.25) is 9.59 Å². The molecule has 1 heterocycles. The molecule has 0 aliphatic carbocycles. The minimum absolute atomic E-state index is 0.125. The molecule has 7 heteroatoms. The van der Waals surface area contributed by atoms with Crippen molar-refractivity contribution in [3.8, 4) is 17.2 Å². The van der Waals surface area contributed by atoms with E-state index in [0.29, 0.717) is 22.9 Å². The lowest BCUT2D eigenvalue weighted by Crippen LogP contribution is -2.49. The first-order valence-corrected chi connectivity index (χ1v) is 8.76. The van der Waals surface area contributed by atoms with Crippen molar-refractivity contribution in [1.29, 1.82) is 0 Å². The quantitative estimate of drug-likeness (QED) is 0.803. The number of para-hydroxylation sites is 2. The predicted octanol–water partition coefficient (Wildman–Crippen LogP) is 2.26. The van der Waals surface area contributed by atoms with Gasteiger partial charge in [-0.05, 0) is 30.3 Å². The summed E-state index contributed by atoms with van der Waals surface area (Å²) < 4.78 is 16.3. The van der Waals surface area contributed by atoms with E-state index in [4.69, 9.17) is 14.2 Å². The highest BCUT2D eigenvalue weighted by Gasteiger charge is 2.32. The fourth-order valence-corrected chi connectivity index (χ4v) is 2.95. The molecular weight excluding hydrogens is 360 g/mol. The number of hydrogen-bond donors (Lipinski definition) is 1. The number of rotatable bonds is 5. The molecule has 0 saturated carbocycles. The van der Waals surface area contributed by atoms with Crippen LogP contribution in [0, 0.1) is 0 Å². The van der Waals surface area contributed by atoms with E-state index in [1.807, 2.05) is 12.1 Å². The average molecular weight is 382 g/mol. The van der Waals surface area contributed by atoms with Crippen LogP contribution in [-0.2, 0) is 9.59 Å². The lowest BCUT2D eigenvalue weighted by molar-refractivity contribution is -0.127. The molecule has 1 N–H and O–H groups in total. The second kappa shape index (κ2) is 8.47. The molecule has 2 amide bonds. The normalized spacial score (nSPS) is 15.5. The van der Waals surface area contributed by atoms with E-state index in [9.17, 15) is 9.59 Å². The van der Waals surface area contributed by atoms with Crippen LogP contribution in [0.2, 0.25) is 0 Å². The molecule has 0 saturated heterocycles. The highest BCUT2D eigenvalue weighted by molar-refractivity contribution is 6.06. The van der Waals surface area contributed by atoms with Gasteiger partial charge in [-0.1, -0.05) is 12.1 Å². The van der Waals surface area contributed by atoms with Crippen molar-refractivity contribution in [2.75, 3.05) is 32.7 Å². The van der Waals surface area contributed by atoms with Gasteiger partial charge in [0, 0.05) is 24.8 Å². The number of methoxy groups -OCH3 is 2. The molecule has 1 aliphatic rings. The number of fused-ring (bicyclic) bond motifs is 1. The molecule has 0 fully saturated rings. The number of carbonyl (C=O) groups is 2. The first-order valence-electron chi connectivity index (χ1n) is 8.76. The SMILES string of the molecule is CNC(=O)[C@@H]1CN(C(=O)/C=C/c2ccc(OC)cc2OC)c2ccccc2O1. The van der Waals surface area contributed by atoms with Crippen LogP contribution < -0.4 is 24.4 Å². The van der Waals surface area contributed by atoms with Crippen LogP contribution >= 0.6 is 0 Å². The van der Waals surface area contributed by atoms with Crippen molar-refractivity contribution >= 4 is 23.6 Å². The van der Waals surface area contributed by atoms with Crippen molar-refractivity contribution in [3.63, 3.8) is 0 Å². The number of ether oxygens (including phenoxy) is 3. The lowest BCUT2D eigenvalue weighted by atomic mass is 10.1. The fraction of sp³-hybridized carbons (Fsp3) is 0.238. The lowest BCUT2D eigenvalue weighted by Gasteiger charge is -2.33. The molecule has 7 nitrogen and oxygen atoms in total. The zero-order valence-electron chi connectivity index (χ0n) is 16.0. The van der Waals surface area contributed by atoms with Crippen LogP contribution in [0.25, 0.3) is 6.08 Å². The Morgan fingerprint density at radius 1 is 1.18 bits per heavy atom. The van der Waals surface area contributed by atoms with Gasteiger partial charge >= 0.3 is 0 Å². The van der Waals surface area contributed by atoms with Gasteiger partial charge in [-0.15, -0.1) is 0 Å². The molecule has 1 atom stereocenters. The molecule has 0 spiro atoms. The number of amides is 2. The fourth-order valence-electron chi connectivity index (χ4n) is 2.95. The predicted molar refractivity (Wildman–Crippen MR) is 106 cm³/mol. The summed E-state index contributed by atoms with van der Waals surface area (Å²) >= 11 is 0. The maximum Gasteiger partial charge on any atom is 0.262 e. The summed E-state index contributed by atoms with van der Waals surface area (Å²) in [5, 5.41) is 2.56. The van der Waals surface area contributed by atoms with E-state index >= 15 is 0 Å². The second-order valence-electron chi connectivity index (χ2n) is 6.08. The molecule has 0 aromatic heterocycles. The number of anilines is 1. The summed E-state index contributed by atoms with van der Waals surface area (Å²) in [7, 11) is 4.67. The summed E-state index contributed by atoms with van der Waals surface area (Å²) in [6, 6.07) is 12.5. The van der Waals surface area contributed by atoms with E-state index < -0.39 is 6.10 Å². The number of likely N-dealkylation sites (N-methyl/N-ethyl adjacent to an activating group) is 1. The van der Waals surface area contributed by atoms with E-state index in [1.165, 1.54) is 18.0 Å². The minimum Gasteiger partial charge on any atom is -0.497 e. The van der Waals surface area contributed by atoms with E-state index in [-0.39, 0.29) is 18.4 Å². The second-order valence-corrected chi connectivity index (χ2v) is 6.08. The molecule has 2 aromatic rings. The van der Waals surface area contributed by atoms with Gasteiger partial charge in [0.15, 0.2) is 6.10 Å². The number of benzene rings is 2. The van der Waals surface area contributed by atoms with Gasteiger partial charge in [0.2, 0.25) is 0 Å². The molecular formula is C21H22N2O5. The summed E-state index contributed by atoms with van der Waals surface area (Å²) in [5.41, 5.74) is 1.36. The molecule has 3 rings (SSSR count).